The Morgan fingerprint density at radius 3 is 2.55 bits per heavy atom. The number of nitrogens with one attached hydrogen (secondary N) is 1. The molecule has 1 unspecified atom stereocenters. The number of carbonyl (C=O) groups is 3. The minimum Gasteiger partial charge on any atom is -0.488 e. The van der Waals surface area contributed by atoms with Crippen molar-refractivity contribution in [3.05, 3.63) is 64.5 Å². The maximum Gasteiger partial charge on any atom is 0.255 e. The highest BCUT2D eigenvalue weighted by atomic mass is 19.1. The van der Waals surface area contributed by atoms with Crippen LogP contribution in [0, 0.1) is 5.82 Å². The van der Waals surface area contributed by atoms with Gasteiger partial charge in [-0.2, -0.15) is 0 Å². The summed E-state index contributed by atoms with van der Waals surface area (Å²) in [4.78, 5) is 40.6. The molecule has 5 rings (SSSR count). The molecule has 2 fully saturated rings. The number of hydrogen-bond donors (Lipinski definition) is 1. The standard InChI is InChI=1S/C29H34FN3O5/c1-28(2)16-32(17-29(3,4)38-28)13-18-8-9-19(22(30)12-18)15-37-24-7-5-6-20-21(24)14-33(27(20)36)23-10-11-25(34)31-26(23)35/h5-9,12,23H,10-11,13-17H2,1-4H3,(H,31,34,35)/i15D2. The molecule has 3 heterocycles. The van der Waals surface area contributed by atoms with Gasteiger partial charge in [-0.05, 0) is 57.9 Å². The normalized spacial score (nSPS) is 24.0. The van der Waals surface area contributed by atoms with E-state index >= 15 is 4.39 Å². The highest BCUT2D eigenvalue weighted by molar-refractivity contribution is 6.05. The van der Waals surface area contributed by atoms with Gasteiger partial charge in [-0.25, -0.2) is 4.39 Å². The van der Waals surface area contributed by atoms with Crippen molar-refractivity contribution >= 4 is 17.7 Å². The highest BCUT2D eigenvalue weighted by Gasteiger charge is 2.40. The fourth-order valence-electron chi connectivity index (χ4n) is 5.82. The Hall–Kier alpha value is -3.30. The van der Waals surface area contributed by atoms with Gasteiger partial charge in [0.25, 0.3) is 5.91 Å². The molecule has 9 heteroatoms. The fourth-order valence-corrected chi connectivity index (χ4v) is 5.82. The third-order valence-electron chi connectivity index (χ3n) is 7.01. The molecule has 3 amide bonds. The molecule has 0 spiro atoms. The van der Waals surface area contributed by atoms with Crippen molar-refractivity contribution in [2.75, 3.05) is 13.1 Å². The van der Waals surface area contributed by atoms with Crippen molar-refractivity contribution in [2.45, 2.75) is 77.4 Å². The van der Waals surface area contributed by atoms with Gasteiger partial charge in [0.05, 0.1) is 20.5 Å². The van der Waals surface area contributed by atoms with Gasteiger partial charge < -0.3 is 14.4 Å². The first-order valence-electron chi connectivity index (χ1n) is 13.8. The first-order chi connectivity index (χ1) is 18.6. The molecule has 3 aliphatic rings. The van der Waals surface area contributed by atoms with Gasteiger partial charge in [0, 0.05) is 42.7 Å². The lowest BCUT2D eigenvalue weighted by atomic mass is 9.98. The summed E-state index contributed by atoms with van der Waals surface area (Å²) in [5, 5.41) is 2.26. The lowest BCUT2D eigenvalue weighted by Gasteiger charge is -2.47. The summed E-state index contributed by atoms with van der Waals surface area (Å²) in [5.41, 5.74) is 0.438. The maximum atomic E-state index is 15.3. The van der Waals surface area contributed by atoms with Crippen LogP contribution in [0.5, 0.6) is 5.75 Å². The average molecular weight is 526 g/mol. The molecule has 2 saturated heterocycles. The molecule has 0 bridgehead atoms. The molecule has 0 saturated carbocycles. The number of carbonyl (C=O) groups excluding carboxylic acids is 3. The zero-order valence-electron chi connectivity index (χ0n) is 24.1. The summed E-state index contributed by atoms with van der Waals surface area (Å²) >= 11 is 0. The van der Waals surface area contributed by atoms with E-state index in [2.05, 4.69) is 10.2 Å². The van der Waals surface area contributed by atoms with E-state index in [1.54, 1.807) is 18.2 Å². The Balaban J connectivity index is 1.33. The Labute approximate surface area is 224 Å². The highest BCUT2D eigenvalue weighted by Crippen LogP contribution is 2.34. The largest absolute Gasteiger partial charge is 0.488 e. The van der Waals surface area contributed by atoms with Gasteiger partial charge in [0.2, 0.25) is 11.8 Å². The molecule has 38 heavy (non-hydrogen) atoms. The summed E-state index contributed by atoms with van der Waals surface area (Å²) in [6, 6.07) is 8.26. The summed E-state index contributed by atoms with van der Waals surface area (Å²) in [7, 11) is 0. The Bertz CT molecular complexity index is 1360. The van der Waals surface area contributed by atoms with E-state index < -0.39 is 30.2 Å². The van der Waals surface area contributed by atoms with Crippen molar-refractivity contribution in [3.63, 3.8) is 0 Å². The third kappa shape index (κ3) is 5.44. The first kappa shape index (κ1) is 23.8. The molecule has 2 aromatic carbocycles. The van der Waals surface area contributed by atoms with Gasteiger partial charge in [-0.15, -0.1) is 0 Å². The lowest BCUT2D eigenvalue weighted by Crippen LogP contribution is -2.56. The predicted octanol–water partition coefficient (Wildman–Crippen LogP) is 3.56. The Kier molecular flexibility index (Phi) is 6.12. The fraction of sp³-hybridized carbons (Fsp3) is 0.483. The van der Waals surface area contributed by atoms with Crippen LogP contribution >= 0.6 is 0 Å². The van der Waals surface area contributed by atoms with Crippen LogP contribution < -0.4 is 10.1 Å². The van der Waals surface area contributed by atoms with E-state index in [-0.39, 0.29) is 53.4 Å². The first-order valence-corrected chi connectivity index (χ1v) is 12.8. The van der Waals surface area contributed by atoms with E-state index in [9.17, 15) is 14.4 Å². The van der Waals surface area contributed by atoms with Gasteiger partial charge in [-0.1, -0.05) is 18.2 Å². The van der Waals surface area contributed by atoms with E-state index in [0.717, 1.165) is 0 Å². The van der Waals surface area contributed by atoms with Gasteiger partial charge in [0.1, 0.15) is 24.2 Å². The number of halogens is 1. The summed E-state index contributed by atoms with van der Waals surface area (Å²) in [6.45, 7) is 7.41. The van der Waals surface area contributed by atoms with Crippen molar-refractivity contribution in [2.24, 2.45) is 0 Å². The smallest absolute Gasteiger partial charge is 0.255 e. The van der Waals surface area contributed by atoms with E-state index in [1.165, 1.54) is 23.1 Å². The van der Waals surface area contributed by atoms with Crippen LogP contribution in [0.1, 0.15) is 70.3 Å². The van der Waals surface area contributed by atoms with Crippen LogP contribution in [0.15, 0.2) is 36.4 Å². The Morgan fingerprint density at radius 1 is 1.13 bits per heavy atom. The molecule has 1 N–H and O–H groups in total. The van der Waals surface area contributed by atoms with Crippen molar-refractivity contribution in [3.8, 4) is 5.75 Å². The van der Waals surface area contributed by atoms with Crippen LogP contribution in [0.4, 0.5) is 4.39 Å². The number of fused-ring (bicyclic) bond motifs is 1. The molecule has 0 radical (unpaired) electrons. The van der Waals surface area contributed by atoms with E-state index in [4.69, 9.17) is 12.2 Å². The molecular formula is C29H34FN3O5. The minimum atomic E-state index is -2.54. The average Bonchev–Trinajstić information content (AvgIpc) is 3.14. The molecule has 1 atom stereocenters. The van der Waals surface area contributed by atoms with Crippen LogP contribution in [0.3, 0.4) is 0 Å². The van der Waals surface area contributed by atoms with Crippen molar-refractivity contribution in [1.82, 2.24) is 15.1 Å². The number of amides is 3. The lowest BCUT2D eigenvalue weighted by molar-refractivity contribution is -0.182. The number of nitrogens with zero attached hydrogens (tertiary/aromatic N) is 2. The second kappa shape index (κ2) is 9.78. The second-order valence-electron chi connectivity index (χ2n) is 11.5. The van der Waals surface area contributed by atoms with Crippen molar-refractivity contribution < 1.29 is 31.0 Å². The van der Waals surface area contributed by atoms with Crippen LogP contribution in [-0.2, 0) is 34.0 Å². The number of benzene rings is 2. The van der Waals surface area contributed by atoms with Gasteiger partial charge in [-0.3, -0.25) is 24.6 Å². The number of rotatable bonds is 6. The second-order valence-corrected chi connectivity index (χ2v) is 11.5. The number of morpholine rings is 1. The molecule has 2 aromatic rings. The van der Waals surface area contributed by atoms with Crippen LogP contribution in [0.25, 0.3) is 0 Å². The number of ether oxygens (including phenoxy) is 2. The number of piperidine rings is 1. The van der Waals surface area contributed by atoms with E-state index in [0.29, 0.717) is 30.8 Å². The molecule has 0 aromatic heterocycles. The van der Waals surface area contributed by atoms with E-state index in [1.807, 2.05) is 27.7 Å². The number of hydrogen-bond acceptors (Lipinski definition) is 6. The molecular weight excluding hydrogens is 489 g/mol. The minimum absolute atomic E-state index is 0.0142. The maximum absolute atomic E-state index is 15.3. The SMILES string of the molecule is [2H]C([2H])(Oc1cccc2c1CN(C1CCC(=O)NC1=O)C2=O)c1ccc(CN2CC(C)(C)OC(C)(C)C2)cc1F. The summed E-state index contributed by atoms with van der Waals surface area (Å²) in [6.07, 6.45) is 0.331. The Morgan fingerprint density at radius 2 is 1.87 bits per heavy atom. The molecule has 0 aliphatic carbocycles. The zero-order valence-corrected chi connectivity index (χ0v) is 22.1. The summed E-state index contributed by atoms with van der Waals surface area (Å²) < 4.78 is 44.3. The third-order valence-corrected chi connectivity index (χ3v) is 7.01. The molecule has 3 aliphatic heterocycles. The van der Waals surface area contributed by atoms with Gasteiger partial charge >= 0.3 is 0 Å². The van der Waals surface area contributed by atoms with Crippen molar-refractivity contribution in [1.29, 1.82) is 0 Å². The molecule has 8 nitrogen and oxygen atoms in total. The predicted molar refractivity (Wildman–Crippen MR) is 138 cm³/mol. The molecule has 202 valence electrons. The topological polar surface area (TPSA) is 88.2 Å². The monoisotopic (exact) mass is 525 g/mol. The van der Waals surface area contributed by atoms with Crippen LogP contribution in [-0.4, -0.2) is 57.9 Å². The quantitative estimate of drug-likeness (QED) is 0.581. The summed E-state index contributed by atoms with van der Waals surface area (Å²) in [5.74, 6) is -1.97. The zero-order chi connectivity index (χ0) is 29.0. The number of imide groups is 1. The van der Waals surface area contributed by atoms with Crippen LogP contribution in [0.2, 0.25) is 0 Å². The van der Waals surface area contributed by atoms with Gasteiger partial charge in [0.15, 0.2) is 0 Å².